The number of likely N-dealkylation sites (tertiary alicyclic amines) is 2. The number of nitrogens with two attached hydrogens (primary N) is 2. The Kier molecular flexibility index (Phi) is 12.8. The summed E-state index contributed by atoms with van der Waals surface area (Å²) in [6, 6.07) is 4.72. The van der Waals surface area contributed by atoms with Gasteiger partial charge in [-0.25, -0.2) is 10.8 Å². The maximum absolute atomic E-state index is 13.7. The van der Waals surface area contributed by atoms with Crippen LogP contribution >= 0.6 is 0 Å². The zero-order valence-electron chi connectivity index (χ0n) is 27.8. The number of hydrogen-bond acceptors (Lipinski definition) is 12. The number of carbonyl (C=O) groups is 7. The molecule has 0 bridgehead atoms. The summed E-state index contributed by atoms with van der Waals surface area (Å²) < 4.78 is 0. The van der Waals surface area contributed by atoms with Gasteiger partial charge in [-0.3, -0.25) is 33.6 Å². The van der Waals surface area contributed by atoms with Crippen molar-refractivity contribution >= 4 is 47.2 Å². The molecule has 5 atom stereocenters. The molecule has 19 heteroatoms. The number of amides is 7. The predicted octanol–water partition coefficient (Wildman–Crippen LogP) is -3.41. The molecule has 2 aromatic rings. The largest absolute Gasteiger partial charge is 0.508 e. The number of hydrogen-bond donors (Lipinski definition) is 9. The number of hydrazine groups is 1. The predicted molar refractivity (Wildman–Crippen MR) is 179 cm³/mol. The Hall–Kier alpha value is -5.82. The Morgan fingerprint density at radius 3 is 2.33 bits per heavy atom. The monoisotopic (exact) mass is 710 g/mol. The molecule has 2 saturated heterocycles. The number of nitrogens with zero attached hydrogens (tertiary/aromatic N) is 3. The number of carbonyl (C=O) groups excluding carboxylic acids is 7. The minimum atomic E-state index is -1.11. The summed E-state index contributed by atoms with van der Waals surface area (Å²) in [5, 5.41) is 29.7. The summed E-state index contributed by atoms with van der Waals surface area (Å²) in [6.45, 7) is 0.403. The van der Waals surface area contributed by atoms with E-state index < -0.39 is 84.7 Å². The summed E-state index contributed by atoms with van der Waals surface area (Å²) in [6.07, 6.45) is 0.980. The number of aliphatic hydroxyl groups is 1. The van der Waals surface area contributed by atoms with E-state index in [0.717, 1.165) is 4.90 Å². The first-order valence-electron chi connectivity index (χ1n) is 16.2. The number of aromatic nitrogens is 1. The normalized spacial score (nSPS) is 19.4. The van der Waals surface area contributed by atoms with Crippen molar-refractivity contribution in [2.24, 2.45) is 11.6 Å². The quantitative estimate of drug-likeness (QED) is 0.0685. The van der Waals surface area contributed by atoms with Crippen LogP contribution in [0.2, 0.25) is 0 Å². The van der Waals surface area contributed by atoms with E-state index in [1.165, 1.54) is 42.3 Å². The van der Waals surface area contributed by atoms with E-state index in [-0.39, 0.29) is 37.2 Å². The van der Waals surface area contributed by atoms with Crippen molar-refractivity contribution in [2.45, 2.75) is 62.9 Å². The Labute approximate surface area is 292 Å². The summed E-state index contributed by atoms with van der Waals surface area (Å²) >= 11 is 0. The number of phenols is 1. The maximum atomic E-state index is 13.7. The van der Waals surface area contributed by atoms with Crippen LogP contribution in [0.25, 0.3) is 0 Å². The Balaban J connectivity index is 1.27. The van der Waals surface area contributed by atoms with Crippen molar-refractivity contribution in [3.63, 3.8) is 0 Å². The lowest BCUT2D eigenvalue weighted by atomic mass is 10.0. The SMILES string of the molecule is CC(NC(=O)CNC(=O)c1ccc(NN)nc1)C(=O)NCC(=O)N1C[C@@H](O)CC1C(=O)N1CCCC1C(=O)NC(Cc1ccc(O)cc1)C(N)=O. The summed E-state index contributed by atoms with van der Waals surface area (Å²) in [5.74, 6) is 1.02. The Bertz CT molecular complexity index is 1620. The number of aromatic hydroxyl groups is 1. The van der Waals surface area contributed by atoms with Crippen LogP contribution in [-0.4, -0.2) is 123 Å². The van der Waals surface area contributed by atoms with Crippen LogP contribution < -0.4 is 38.3 Å². The third kappa shape index (κ3) is 10.1. The molecule has 2 fully saturated rings. The number of pyridine rings is 1. The summed E-state index contributed by atoms with van der Waals surface area (Å²) in [4.78, 5) is 96.0. The molecule has 3 heterocycles. The topological polar surface area (TPSA) is 292 Å². The van der Waals surface area contributed by atoms with Gasteiger partial charge in [0, 0.05) is 32.1 Å². The van der Waals surface area contributed by atoms with Gasteiger partial charge in [-0.05, 0) is 49.6 Å². The molecule has 19 nitrogen and oxygen atoms in total. The van der Waals surface area contributed by atoms with E-state index >= 15 is 0 Å². The molecule has 2 aliphatic rings. The standard InChI is InChI=1S/C32H42N10O9/c1-17(38-26(45)14-36-30(49)19-6-9-25(40-34)35-13-19)29(48)37-15-27(46)42-16-21(44)12-24(42)32(51)41-10-2-3-23(41)31(50)39-22(28(33)47)11-18-4-7-20(43)8-5-18/h4-9,13,17,21-24,43-44H,2-3,10-12,14-16,34H2,1H3,(H2,33,47)(H,35,40)(H,36,49)(H,37,48)(H,38,45)(H,39,50)/t17?,21-,22?,23?,24?/m0/s1. The Morgan fingerprint density at radius 1 is 0.961 bits per heavy atom. The third-order valence-electron chi connectivity index (χ3n) is 8.53. The molecule has 11 N–H and O–H groups in total. The highest BCUT2D eigenvalue weighted by Gasteiger charge is 2.45. The fraction of sp³-hybridized carbons (Fsp3) is 0.438. The van der Waals surface area contributed by atoms with Crippen LogP contribution in [0.5, 0.6) is 5.75 Å². The first kappa shape index (κ1) is 38.0. The molecule has 4 unspecified atom stereocenters. The molecular formula is C32H42N10O9. The van der Waals surface area contributed by atoms with E-state index in [1.54, 1.807) is 12.1 Å². The molecule has 0 aliphatic carbocycles. The molecule has 7 amide bonds. The van der Waals surface area contributed by atoms with Gasteiger partial charge in [0.15, 0.2) is 0 Å². The van der Waals surface area contributed by atoms with Gasteiger partial charge in [-0.15, -0.1) is 0 Å². The molecule has 0 spiro atoms. The number of primary amides is 1. The average molecular weight is 711 g/mol. The number of nitrogen functional groups attached to an aromatic ring is 1. The fourth-order valence-corrected chi connectivity index (χ4v) is 5.83. The highest BCUT2D eigenvalue weighted by atomic mass is 16.3. The van der Waals surface area contributed by atoms with Gasteiger partial charge in [0.05, 0.1) is 24.8 Å². The first-order valence-corrected chi connectivity index (χ1v) is 16.2. The van der Waals surface area contributed by atoms with Crippen LogP contribution in [0, 0.1) is 0 Å². The number of β-amino-alcohol motifs (C(OH)–C–C–N with tert-alkyl or cyclic N) is 1. The molecule has 51 heavy (non-hydrogen) atoms. The number of anilines is 1. The van der Waals surface area contributed by atoms with E-state index in [9.17, 15) is 43.8 Å². The van der Waals surface area contributed by atoms with Crippen molar-refractivity contribution in [2.75, 3.05) is 31.6 Å². The average Bonchev–Trinajstić information content (AvgIpc) is 3.77. The highest BCUT2D eigenvalue weighted by molar-refractivity contribution is 5.98. The second-order valence-electron chi connectivity index (χ2n) is 12.2. The highest BCUT2D eigenvalue weighted by Crippen LogP contribution is 2.25. The summed E-state index contributed by atoms with van der Waals surface area (Å²) in [5.41, 5.74) is 8.68. The number of benzene rings is 1. The lowest BCUT2D eigenvalue weighted by Crippen LogP contribution is -2.56. The Morgan fingerprint density at radius 2 is 1.69 bits per heavy atom. The third-order valence-corrected chi connectivity index (χ3v) is 8.53. The molecule has 4 rings (SSSR count). The van der Waals surface area contributed by atoms with Gasteiger partial charge >= 0.3 is 0 Å². The van der Waals surface area contributed by atoms with Gasteiger partial charge in [0.2, 0.25) is 35.4 Å². The van der Waals surface area contributed by atoms with E-state index in [4.69, 9.17) is 11.6 Å². The summed E-state index contributed by atoms with van der Waals surface area (Å²) in [7, 11) is 0. The molecule has 0 radical (unpaired) electrons. The van der Waals surface area contributed by atoms with E-state index in [0.29, 0.717) is 24.2 Å². The van der Waals surface area contributed by atoms with Crippen LogP contribution in [0.15, 0.2) is 42.6 Å². The van der Waals surface area contributed by atoms with Crippen LogP contribution in [0.4, 0.5) is 5.82 Å². The van der Waals surface area contributed by atoms with E-state index in [2.05, 4.69) is 31.7 Å². The second kappa shape index (κ2) is 17.2. The molecule has 0 saturated carbocycles. The lowest BCUT2D eigenvalue weighted by molar-refractivity contribution is -0.146. The zero-order chi connectivity index (χ0) is 37.2. The van der Waals surface area contributed by atoms with Crippen LogP contribution in [0.3, 0.4) is 0 Å². The molecule has 2 aliphatic heterocycles. The van der Waals surface area contributed by atoms with Gasteiger partial charge in [-0.1, -0.05) is 12.1 Å². The van der Waals surface area contributed by atoms with Crippen LogP contribution in [-0.2, 0) is 35.2 Å². The molecule has 1 aromatic carbocycles. The van der Waals surface area contributed by atoms with Crippen molar-refractivity contribution in [1.82, 2.24) is 36.1 Å². The minimum absolute atomic E-state index is 0.0337. The lowest BCUT2D eigenvalue weighted by Gasteiger charge is -2.31. The molecule has 274 valence electrons. The maximum Gasteiger partial charge on any atom is 0.253 e. The number of nitrogens with one attached hydrogen (secondary N) is 5. The van der Waals surface area contributed by atoms with Crippen LogP contribution in [0.1, 0.15) is 42.1 Å². The van der Waals surface area contributed by atoms with E-state index in [1.807, 2.05) is 0 Å². The number of rotatable bonds is 14. The van der Waals surface area contributed by atoms with Gasteiger partial charge in [-0.2, -0.15) is 0 Å². The molecule has 1 aromatic heterocycles. The first-order chi connectivity index (χ1) is 24.3. The minimum Gasteiger partial charge on any atom is -0.508 e. The smallest absolute Gasteiger partial charge is 0.253 e. The number of phenolic OH excluding ortho intramolecular Hbond substituents is 1. The van der Waals surface area contributed by atoms with Crippen molar-refractivity contribution in [1.29, 1.82) is 0 Å². The fourth-order valence-electron chi connectivity index (χ4n) is 5.83. The zero-order valence-corrected chi connectivity index (χ0v) is 27.8. The number of aliphatic hydroxyl groups excluding tert-OH is 1. The van der Waals surface area contributed by atoms with Gasteiger partial charge in [0.1, 0.15) is 35.7 Å². The second-order valence-corrected chi connectivity index (χ2v) is 12.2. The van der Waals surface area contributed by atoms with Crippen molar-refractivity contribution < 1.29 is 43.8 Å². The van der Waals surface area contributed by atoms with Gasteiger partial charge < -0.3 is 52.4 Å². The molecular weight excluding hydrogens is 668 g/mol. The van der Waals surface area contributed by atoms with Crippen molar-refractivity contribution in [3.8, 4) is 5.75 Å². The van der Waals surface area contributed by atoms with Gasteiger partial charge in [0.25, 0.3) is 5.91 Å². The van der Waals surface area contributed by atoms with Crippen molar-refractivity contribution in [3.05, 3.63) is 53.7 Å².